The molecule has 0 bridgehead atoms. The van der Waals surface area contributed by atoms with Gasteiger partial charge in [-0.1, -0.05) is 41.4 Å². The molecule has 1 aromatic heterocycles. The molecule has 3 aromatic rings. The smallest absolute Gasteiger partial charge is 0.257 e. The molecule has 0 aliphatic carbocycles. The van der Waals surface area contributed by atoms with Crippen LogP contribution in [0.4, 0.5) is 0 Å². The van der Waals surface area contributed by atoms with Crippen molar-refractivity contribution in [3.8, 4) is 11.3 Å². The number of imidazole rings is 1. The van der Waals surface area contributed by atoms with Gasteiger partial charge in [-0.15, -0.1) is 0 Å². The van der Waals surface area contributed by atoms with Crippen molar-refractivity contribution >= 4 is 17.4 Å². The zero-order valence-corrected chi connectivity index (χ0v) is 15.0. The number of hydrogen-bond donors (Lipinski definition) is 0. The maximum Gasteiger partial charge on any atom is 0.257 e. The predicted molar refractivity (Wildman–Crippen MR) is 98.9 cm³/mol. The molecule has 2 aromatic carbocycles. The zero-order valence-electron chi connectivity index (χ0n) is 14.2. The topological polar surface area (TPSA) is 25.9 Å². The molecule has 2 heterocycles. The minimum Gasteiger partial charge on any atom is -0.290 e. The molecule has 0 N–H and O–H groups in total. The molecule has 0 atom stereocenters. The Morgan fingerprint density at radius 1 is 1.12 bits per heavy atom. The lowest BCUT2D eigenvalue weighted by molar-refractivity contribution is -0.689. The first-order valence-corrected chi connectivity index (χ1v) is 8.97. The van der Waals surface area contributed by atoms with Crippen LogP contribution in [0.5, 0.6) is 0 Å². The summed E-state index contributed by atoms with van der Waals surface area (Å²) in [4.78, 5) is 12.7. The van der Waals surface area contributed by atoms with E-state index in [4.69, 9.17) is 11.6 Å². The van der Waals surface area contributed by atoms with Crippen LogP contribution in [0.1, 0.15) is 28.2 Å². The number of aryl methyl sites for hydroxylation is 1. The Morgan fingerprint density at radius 3 is 2.56 bits per heavy atom. The minimum absolute atomic E-state index is 0.146. The highest BCUT2D eigenvalue weighted by molar-refractivity contribution is 6.30. The summed E-state index contributed by atoms with van der Waals surface area (Å²) in [5.74, 6) is 1.37. The predicted octanol–water partition coefficient (Wildman–Crippen LogP) is 4.23. The average Bonchev–Trinajstić information content (AvgIpc) is 3.20. The molecule has 4 rings (SSSR count). The molecule has 126 valence electrons. The maximum absolute atomic E-state index is 12.7. The lowest BCUT2D eigenvalue weighted by atomic mass is 10.1. The number of hydrogen-bond acceptors (Lipinski definition) is 1. The first-order valence-electron chi connectivity index (χ1n) is 8.59. The summed E-state index contributed by atoms with van der Waals surface area (Å²) in [6.45, 7) is 3.41. The highest BCUT2D eigenvalue weighted by Gasteiger charge is 2.29. The van der Waals surface area contributed by atoms with Gasteiger partial charge in [-0.05, 0) is 37.6 Å². The zero-order chi connectivity index (χ0) is 17.4. The van der Waals surface area contributed by atoms with E-state index >= 15 is 0 Å². The number of ketones is 1. The maximum atomic E-state index is 12.7. The van der Waals surface area contributed by atoms with Crippen LogP contribution in [-0.4, -0.2) is 10.4 Å². The molecule has 0 amide bonds. The summed E-state index contributed by atoms with van der Waals surface area (Å²) < 4.78 is 4.44. The van der Waals surface area contributed by atoms with Crippen LogP contribution in [0.2, 0.25) is 5.02 Å². The fourth-order valence-corrected chi connectivity index (χ4v) is 3.61. The Bertz CT molecular complexity index is 924. The summed E-state index contributed by atoms with van der Waals surface area (Å²) in [5, 5.41) is 0.736. The number of carbonyl (C=O) groups is 1. The third-order valence-electron chi connectivity index (χ3n) is 4.82. The number of rotatable bonds is 4. The molecule has 4 heteroatoms. The van der Waals surface area contributed by atoms with Gasteiger partial charge >= 0.3 is 0 Å². The Morgan fingerprint density at radius 2 is 1.84 bits per heavy atom. The molecule has 0 saturated carbocycles. The molecule has 0 spiro atoms. The Hall–Kier alpha value is -2.39. The standard InChI is InChI=1S/C21H20ClN2O/c1-15-4-6-17(7-5-15)20(25)14-23-13-19(24-12-2-3-21(23)24)16-8-10-18(22)11-9-16/h4-11,13H,2-3,12,14H2,1H3/q+1. The van der Waals surface area contributed by atoms with E-state index < -0.39 is 0 Å². The summed E-state index contributed by atoms with van der Waals surface area (Å²) >= 11 is 6.01. The molecule has 0 radical (unpaired) electrons. The second-order valence-corrected chi connectivity index (χ2v) is 7.05. The van der Waals surface area contributed by atoms with Crippen LogP contribution < -0.4 is 4.57 Å². The third-order valence-corrected chi connectivity index (χ3v) is 5.07. The van der Waals surface area contributed by atoms with E-state index in [9.17, 15) is 4.79 Å². The van der Waals surface area contributed by atoms with E-state index in [1.165, 1.54) is 11.4 Å². The number of nitrogens with zero attached hydrogens (tertiary/aromatic N) is 2. The highest BCUT2D eigenvalue weighted by Crippen LogP contribution is 2.26. The van der Waals surface area contributed by atoms with E-state index in [1.54, 1.807) is 0 Å². The van der Waals surface area contributed by atoms with Crippen LogP contribution in [0.15, 0.2) is 54.7 Å². The van der Waals surface area contributed by atoms with Gasteiger partial charge in [-0.2, -0.15) is 0 Å². The van der Waals surface area contributed by atoms with Crippen LogP contribution >= 0.6 is 11.6 Å². The number of carbonyl (C=O) groups excluding carboxylic acids is 1. The molecule has 3 nitrogen and oxygen atoms in total. The first kappa shape index (κ1) is 16.1. The molecule has 0 unspecified atom stereocenters. The molecule has 0 fully saturated rings. The second kappa shape index (κ2) is 6.49. The molecule has 25 heavy (non-hydrogen) atoms. The van der Waals surface area contributed by atoms with E-state index in [-0.39, 0.29) is 5.78 Å². The molecular weight excluding hydrogens is 332 g/mol. The molecule has 1 aliphatic heterocycles. The van der Waals surface area contributed by atoms with Crippen LogP contribution in [0.3, 0.4) is 0 Å². The van der Waals surface area contributed by atoms with Gasteiger partial charge in [0.15, 0.2) is 12.2 Å². The molecule has 0 saturated heterocycles. The van der Waals surface area contributed by atoms with Crippen molar-refractivity contribution in [1.29, 1.82) is 0 Å². The average molecular weight is 352 g/mol. The summed E-state index contributed by atoms with van der Waals surface area (Å²) in [7, 11) is 0. The lowest BCUT2D eigenvalue weighted by Gasteiger charge is -2.01. The Balaban J connectivity index is 1.66. The largest absolute Gasteiger partial charge is 0.290 e. The van der Waals surface area contributed by atoms with Gasteiger partial charge in [0.25, 0.3) is 5.82 Å². The van der Waals surface area contributed by atoms with Gasteiger partial charge in [0, 0.05) is 16.1 Å². The van der Waals surface area contributed by atoms with E-state index in [1.807, 2.05) is 55.5 Å². The van der Waals surface area contributed by atoms with Crippen molar-refractivity contribution in [3.63, 3.8) is 0 Å². The van der Waals surface area contributed by atoms with Gasteiger partial charge in [0.2, 0.25) is 5.78 Å². The number of aromatic nitrogens is 2. The highest BCUT2D eigenvalue weighted by atomic mass is 35.5. The number of fused-ring (bicyclic) bond motifs is 1. The van der Waals surface area contributed by atoms with E-state index in [0.717, 1.165) is 41.2 Å². The normalized spacial score (nSPS) is 13.0. The number of Topliss-reactive ketones (excluding diaryl/α,β-unsaturated/α-hetero) is 1. The van der Waals surface area contributed by atoms with Crippen molar-refractivity contribution in [2.45, 2.75) is 32.9 Å². The summed E-state index contributed by atoms with van der Waals surface area (Å²) in [5.41, 5.74) is 4.22. The van der Waals surface area contributed by atoms with Gasteiger partial charge in [-0.3, -0.25) is 4.79 Å². The number of benzene rings is 2. The van der Waals surface area contributed by atoms with E-state index in [2.05, 4.69) is 15.3 Å². The van der Waals surface area contributed by atoms with Crippen molar-refractivity contribution < 1.29 is 9.36 Å². The first-order chi connectivity index (χ1) is 12.1. The van der Waals surface area contributed by atoms with Gasteiger partial charge in [0.05, 0.1) is 13.0 Å². The van der Waals surface area contributed by atoms with Crippen molar-refractivity contribution in [3.05, 3.63) is 76.7 Å². The van der Waals surface area contributed by atoms with Gasteiger partial charge in [0.1, 0.15) is 6.20 Å². The van der Waals surface area contributed by atoms with Gasteiger partial charge in [-0.25, -0.2) is 9.13 Å². The Kier molecular flexibility index (Phi) is 4.18. The number of halogens is 1. The fourth-order valence-electron chi connectivity index (χ4n) is 3.48. The fraction of sp³-hybridized carbons (Fsp3) is 0.238. The third kappa shape index (κ3) is 3.12. The van der Waals surface area contributed by atoms with Crippen LogP contribution in [0.25, 0.3) is 11.3 Å². The minimum atomic E-state index is 0.146. The van der Waals surface area contributed by atoms with Crippen molar-refractivity contribution in [2.24, 2.45) is 0 Å². The molecule has 1 aliphatic rings. The molecular formula is C21H20ClN2O+. The van der Waals surface area contributed by atoms with E-state index in [0.29, 0.717) is 6.54 Å². The van der Waals surface area contributed by atoms with Crippen molar-refractivity contribution in [2.75, 3.05) is 0 Å². The van der Waals surface area contributed by atoms with Crippen LogP contribution in [0, 0.1) is 6.92 Å². The Labute approximate surface area is 152 Å². The van der Waals surface area contributed by atoms with Crippen LogP contribution in [-0.2, 0) is 19.5 Å². The monoisotopic (exact) mass is 351 g/mol. The summed E-state index contributed by atoms with van der Waals surface area (Å²) in [6, 6.07) is 15.7. The second-order valence-electron chi connectivity index (χ2n) is 6.61. The lowest BCUT2D eigenvalue weighted by Crippen LogP contribution is -2.40. The quantitative estimate of drug-likeness (QED) is 0.510. The van der Waals surface area contributed by atoms with Crippen molar-refractivity contribution in [1.82, 2.24) is 4.57 Å². The summed E-state index contributed by atoms with van der Waals surface area (Å²) in [6.07, 6.45) is 4.23. The van der Waals surface area contributed by atoms with Gasteiger partial charge < -0.3 is 0 Å². The SMILES string of the molecule is Cc1ccc(C(=O)C[n+]2cc(-c3ccc(Cl)cc3)n3c2CCC3)cc1.